The SMILES string of the molecule is CN(C)CC1CCN(C(=O)c2nc3cncnc3s2)CC1. The maximum absolute atomic E-state index is 12.5. The van der Waals surface area contributed by atoms with Gasteiger partial charge in [0.2, 0.25) is 0 Å². The second kappa shape index (κ2) is 6.03. The molecule has 0 saturated carbocycles. The quantitative estimate of drug-likeness (QED) is 0.860. The summed E-state index contributed by atoms with van der Waals surface area (Å²) in [5.41, 5.74) is 0.702. The Morgan fingerprint density at radius 1 is 1.43 bits per heavy atom. The van der Waals surface area contributed by atoms with Crippen LogP contribution in [0.2, 0.25) is 0 Å². The second-order valence-electron chi connectivity index (χ2n) is 5.73. The molecule has 7 heteroatoms. The van der Waals surface area contributed by atoms with Crippen LogP contribution in [0.25, 0.3) is 10.3 Å². The van der Waals surface area contributed by atoms with E-state index in [1.54, 1.807) is 6.20 Å². The Kier molecular flexibility index (Phi) is 4.12. The van der Waals surface area contributed by atoms with Crippen molar-refractivity contribution in [2.45, 2.75) is 12.8 Å². The lowest BCUT2D eigenvalue weighted by atomic mass is 9.96. The number of nitrogens with zero attached hydrogens (tertiary/aromatic N) is 5. The molecular formula is C14H19N5OS. The van der Waals surface area contributed by atoms with Gasteiger partial charge in [-0.25, -0.2) is 15.0 Å². The highest BCUT2D eigenvalue weighted by Crippen LogP contribution is 2.23. The summed E-state index contributed by atoms with van der Waals surface area (Å²) in [4.78, 5) is 29.8. The highest BCUT2D eigenvalue weighted by atomic mass is 32.1. The molecule has 3 rings (SSSR count). The largest absolute Gasteiger partial charge is 0.337 e. The van der Waals surface area contributed by atoms with Crippen LogP contribution in [0.15, 0.2) is 12.5 Å². The number of thiazole rings is 1. The summed E-state index contributed by atoms with van der Waals surface area (Å²) in [7, 11) is 4.19. The number of fused-ring (bicyclic) bond motifs is 1. The molecule has 3 heterocycles. The van der Waals surface area contributed by atoms with Crippen LogP contribution in [-0.4, -0.2) is 64.4 Å². The number of likely N-dealkylation sites (tertiary alicyclic amines) is 1. The monoisotopic (exact) mass is 305 g/mol. The number of rotatable bonds is 3. The topological polar surface area (TPSA) is 62.2 Å². The first-order valence-electron chi connectivity index (χ1n) is 7.14. The fraction of sp³-hybridized carbons (Fsp3) is 0.571. The first-order valence-corrected chi connectivity index (χ1v) is 7.95. The second-order valence-corrected chi connectivity index (χ2v) is 6.71. The standard InChI is InChI=1S/C14H19N5OS/c1-18(2)8-10-3-5-19(6-4-10)14(20)13-17-11-7-15-9-16-12(11)21-13/h7,9-10H,3-6,8H2,1-2H3. The molecule has 21 heavy (non-hydrogen) atoms. The Labute approximate surface area is 127 Å². The maximum Gasteiger partial charge on any atom is 0.282 e. The third-order valence-corrected chi connectivity index (χ3v) is 4.75. The molecule has 0 aromatic carbocycles. The number of hydrogen-bond acceptors (Lipinski definition) is 6. The number of piperidine rings is 1. The van der Waals surface area contributed by atoms with Gasteiger partial charge in [-0.2, -0.15) is 0 Å². The van der Waals surface area contributed by atoms with Crippen LogP contribution in [0.1, 0.15) is 22.6 Å². The lowest BCUT2D eigenvalue weighted by Crippen LogP contribution is -2.40. The minimum absolute atomic E-state index is 0.0290. The Bertz CT molecular complexity index is 600. The van der Waals surface area contributed by atoms with Crippen LogP contribution >= 0.6 is 11.3 Å². The van der Waals surface area contributed by atoms with E-state index in [2.05, 4.69) is 33.9 Å². The van der Waals surface area contributed by atoms with E-state index >= 15 is 0 Å². The smallest absolute Gasteiger partial charge is 0.282 e. The zero-order valence-electron chi connectivity index (χ0n) is 12.3. The van der Waals surface area contributed by atoms with Crippen molar-refractivity contribution < 1.29 is 4.79 Å². The van der Waals surface area contributed by atoms with Gasteiger partial charge in [0.05, 0.1) is 6.20 Å². The molecule has 0 unspecified atom stereocenters. The van der Waals surface area contributed by atoms with E-state index in [0.29, 0.717) is 16.4 Å². The molecule has 112 valence electrons. The Balaban J connectivity index is 1.66. The average molecular weight is 305 g/mol. The summed E-state index contributed by atoms with van der Waals surface area (Å²) in [5, 5.41) is 0.525. The third kappa shape index (κ3) is 3.19. The van der Waals surface area contributed by atoms with Crippen LogP contribution in [0.3, 0.4) is 0 Å². The van der Waals surface area contributed by atoms with Crippen molar-refractivity contribution in [3.63, 3.8) is 0 Å². The number of amides is 1. The highest BCUT2D eigenvalue weighted by molar-refractivity contribution is 7.19. The predicted octanol–water partition coefficient (Wildman–Crippen LogP) is 1.50. The molecule has 0 radical (unpaired) electrons. The summed E-state index contributed by atoms with van der Waals surface area (Å²) in [6, 6.07) is 0. The van der Waals surface area contributed by atoms with Gasteiger partial charge in [-0.3, -0.25) is 4.79 Å². The number of aromatic nitrogens is 3. The lowest BCUT2D eigenvalue weighted by Gasteiger charge is -2.32. The van der Waals surface area contributed by atoms with Crippen molar-refractivity contribution in [1.29, 1.82) is 0 Å². The minimum Gasteiger partial charge on any atom is -0.337 e. The predicted molar refractivity (Wildman–Crippen MR) is 82.4 cm³/mol. The third-order valence-electron chi connectivity index (χ3n) is 3.78. The van der Waals surface area contributed by atoms with Crippen molar-refractivity contribution in [3.8, 4) is 0 Å². The van der Waals surface area contributed by atoms with Gasteiger partial charge in [0, 0.05) is 19.6 Å². The maximum atomic E-state index is 12.5. The fourth-order valence-corrected chi connectivity index (χ4v) is 3.60. The molecule has 1 amide bonds. The summed E-state index contributed by atoms with van der Waals surface area (Å²) < 4.78 is 0. The van der Waals surface area contributed by atoms with Gasteiger partial charge < -0.3 is 9.80 Å². The molecule has 2 aromatic rings. The van der Waals surface area contributed by atoms with Gasteiger partial charge in [-0.05, 0) is 32.9 Å². The van der Waals surface area contributed by atoms with Crippen molar-refractivity contribution >= 4 is 27.6 Å². The van der Waals surface area contributed by atoms with E-state index in [-0.39, 0.29) is 5.91 Å². The number of carbonyl (C=O) groups excluding carboxylic acids is 1. The van der Waals surface area contributed by atoms with E-state index in [0.717, 1.165) is 37.3 Å². The molecule has 1 aliphatic heterocycles. The van der Waals surface area contributed by atoms with Crippen molar-refractivity contribution in [2.24, 2.45) is 5.92 Å². The first-order chi connectivity index (χ1) is 10.1. The van der Waals surface area contributed by atoms with Crippen LogP contribution in [0, 0.1) is 5.92 Å². The Hall–Kier alpha value is -1.60. The van der Waals surface area contributed by atoms with Crippen molar-refractivity contribution in [2.75, 3.05) is 33.7 Å². The van der Waals surface area contributed by atoms with E-state index in [4.69, 9.17) is 0 Å². The van der Waals surface area contributed by atoms with Gasteiger partial charge in [0.1, 0.15) is 16.7 Å². The van der Waals surface area contributed by atoms with Crippen LogP contribution in [-0.2, 0) is 0 Å². The van der Waals surface area contributed by atoms with Gasteiger partial charge in [0.15, 0.2) is 5.01 Å². The molecule has 0 N–H and O–H groups in total. The molecule has 1 fully saturated rings. The molecule has 0 bridgehead atoms. The van der Waals surface area contributed by atoms with Gasteiger partial charge in [0.25, 0.3) is 5.91 Å². The van der Waals surface area contributed by atoms with Gasteiger partial charge >= 0.3 is 0 Å². The van der Waals surface area contributed by atoms with E-state index in [1.165, 1.54) is 17.7 Å². The molecule has 1 aliphatic rings. The van der Waals surface area contributed by atoms with Crippen molar-refractivity contribution in [1.82, 2.24) is 24.8 Å². The van der Waals surface area contributed by atoms with E-state index in [9.17, 15) is 4.79 Å². The fourth-order valence-electron chi connectivity index (χ4n) is 2.75. The van der Waals surface area contributed by atoms with Crippen molar-refractivity contribution in [3.05, 3.63) is 17.5 Å². The molecule has 0 atom stereocenters. The first kappa shape index (κ1) is 14.3. The zero-order valence-corrected chi connectivity index (χ0v) is 13.1. The molecule has 1 saturated heterocycles. The number of carbonyl (C=O) groups is 1. The Morgan fingerprint density at radius 2 is 2.19 bits per heavy atom. The molecular weight excluding hydrogens is 286 g/mol. The number of hydrogen-bond donors (Lipinski definition) is 0. The van der Waals surface area contributed by atoms with Gasteiger partial charge in [-0.15, -0.1) is 0 Å². The lowest BCUT2D eigenvalue weighted by molar-refractivity contribution is 0.0678. The summed E-state index contributed by atoms with van der Waals surface area (Å²) in [6.07, 6.45) is 5.27. The molecule has 6 nitrogen and oxygen atoms in total. The van der Waals surface area contributed by atoms with Gasteiger partial charge in [-0.1, -0.05) is 11.3 Å². The van der Waals surface area contributed by atoms with Crippen LogP contribution in [0.4, 0.5) is 0 Å². The summed E-state index contributed by atoms with van der Waals surface area (Å²) in [5.74, 6) is 0.714. The molecule has 0 spiro atoms. The molecule has 2 aromatic heterocycles. The Morgan fingerprint density at radius 3 is 2.86 bits per heavy atom. The van der Waals surface area contributed by atoms with Crippen LogP contribution in [0.5, 0.6) is 0 Å². The highest BCUT2D eigenvalue weighted by Gasteiger charge is 2.26. The van der Waals surface area contributed by atoms with E-state index in [1.807, 2.05) is 4.90 Å². The average Bonchev–Trinajstić information content (AvgIpc) is 2.90. The molecule has 0 aliphatic carbocycles. The van der Waals surface area contributed by atoms with Crippen LogP contribution < -0.4 is 0 Å². The minimum atomic E-state index is 0.0290. The normalized spacial score (nSPS) is 16.8. The summed E-state index contributed by atoms with van der Waals surface area (Å²) >= 11 is 1.35. The zero-order chi connectivity index (χ0) is 14.8. The van der Waals surface area contributed by atoms with E-state index < -0.39 is 0 Å². The summed E-state index contributed by atoms with van der Waals surface area (Å²) in [6.45, 7) is 2.73.